The van der Waals surface area contributed by atoms with Crippen molar-refractivity contribution in [1.29, 1.82) is 0 Å². The molecule has 0 aliphatic rings. The van der Waals surface area contributed by atoms with E-state index in [9.17, 15) is 4.79 Å². The van der Waals surface area contributed by atoms with Gasteiger partial charge in [0.2, 0.25) is 0 Å². The van der Waals surface area contributed by atoms with Crippen LogP contribution in [0, 0.1) is 0 Å². The molecule has 0 saturated heterocycles. The number of benzene rings is 1. The summed E-state index contributed by atoms with van der Waals surface area (Å²) in [4.78, 5) is 15.6. The van der Waals surface area contributed by atoms with E-state index in [4.69, 9.17) is 0 Å². The second-order valence-corrected chi connectivity index (χ2v) is 3.61. The van der Waals surface area contributed by atoms with Gasteiger partial charge in [-0.2, -0.15) is 0 Å². The molecule has 2 rings (SSSR count). The summed E-state index contributed by atoms with van der Waals surface area (Å²) in [6.45, 7) is 0. The number of nitrogens with zero attached hydrogens (tertiary/aromatic N) is 2. The molecule has 0 saturated carbocycles. The molecular weight excluding hydrogens is 244 g/mol. The minimum atomic E-state index is -0.0880. The van der Waals surface area contributed by atoms with Crippen LogP contribution in [0.4, 0.5) is 0 Å². The molecule has 2 aromatic rings. The first-order valence-electron chi connectivity index (χ1n) is 4.06. The Morgan fingerprint density at radius 1 is 1.36 bits per heavy atom. The smallest absolute Gasteiger partial charge is 0.264 e. The maximum absolute atomic E-state index is 11.8. The van der Waals surface area contributed by atoms with Crippen LogP contribution in [-0.2, 0) is 0 Å². The highest BCUT2D eigenvalue weighted by molar-refractivity contribution is 9.10. The maximum Gasteiger partial charge on any atom is 0.264 e. The van der Waals surface area contributed by atoms with Crippen molar-refractivity contribution in [2.45, 2.75) is 0 Å². The second-order valence-electron chi connectivity index (χ2n) is 2.75. The van der Waals surface area contributed by atoms with E-state index >= 15 is 0 Å². The fourth-order valence-electron chi connectivity index (χ4n) is 1.15. The van der Waals surface area contributed by atoms with Gasteiger partial charge in [0.25, 0.3) is 5.91 Å². The average molecular weight is 251 g/mol. The van der Waals surface area contributed by atoms with Crippen molar-refractivity contribution in [2.24, 2.45) is 0 Å². The molecule has 1 heterocycles. The van der Waals surface area contributed by atoms with Crippen LogP contribution < -0.4 is 0 Å². The molecule has 3 nitrogen and oxygen atoms in total. The highest BCUT2D eigenvalue weighted by Crippen LogP contribution is 2.16. The van der Waals surface area contributed by atoms with Crippen molar-refractivity contribution in [3.8, 4) is 0 Å². The molecule has 0 spiro atoms. The van der Waals surface area contributed by atoms with Gasteiger partial charge in [0.1, 0.15) is 6.33 Å². The van der Waals surface area contributed by atoms with Crippen molar-refractivity contribution >= 4 is 21.8 Å². The van der Waals surface area contributed by atoms with Crippen molar-refractivity contribution in [2.75, 3.05) is 0 Å². The highest BCUT2D eigenvalue weighted by Gasteiger charge is 2.09. The van der Waals surface area contributed by atoms with Gasteiger partial charge in [0, 0.05) is 16.9 Å². The van der Waals surface area contributed by atoms with Gasteiger partial charge in [-0.25, -0.2) is 4.98 Å². The van der Waals surface area contributed by atoms with Crippen molar-refractivity contribution in [3.63, 3.8) is 0 Å². The van der Waals surface area contributed by atoms with Gasteiger partial charge < -0.3 is 0 Å². The van der Waals surface area contributed by atoms with E-state index in [0.717, 1.165) is 4.47 Å². The number of hydrogen-bond acceptors (Lipinski definition) is 2. The summed E-state index contributed by atoms with van der Waals surface area (Å²) >= 11 is 3.33. The minimum absolute atomic E-state index is 0.0880. The fraction of sp³-hybridized carbons (Fsp3) is 0. The van der Waals surface area contributed by atoms with Crippen LogP contribution in [0.15, 0.2) is 47.5 Å². The third kappa shape index (κ3) is 1.61. The Hall–Kier alpha value is -1.42. The molecule has 70 valence electrons. The third-order valence-electron chi connectivity index (χ3n) is 1.84. The summed E-state index contributed by atoms with van der Waals surface area (Å²) in [5.41, 5.74) is 0.630. The Morgan fingerprint density at radius 2 is 2.14 bits per heavy atom. The van der Waals surface area contributed by atoms with E-state index in [1.165, 1.54) is 10.9 Å². The molecule has 0 aliphatic carbocycles. The van der Waals surface area contributed by atoms with E-state index in [0.29, 0.717) is 5.56 Å². The second kappa shape index (κ2) is 3.75. The molecule has 1 aromatic carbocycles. The molecular formula is C10H7BrN2O. The summed E-state index contributed by atoms with van der Waals surface area (Å²) in [7, 11) is 0. The highest BCUT2D eigenvalue weighted by atomic mass is 79.9. The van der Waals surface area contributed by atoms with E-state index in [-0.39, 0.29) is 5.91 Å². The Kier molecular flexibility index (Phi) is 2.45. The first-order chi connectivity index (χ1) is 6.79. The van der Waals surface area contributed by atoms with E-state index in [1.807, 2.05) is 18.2 Å². The maximum atomic E-state index is 11.8. The molecule has 0 N–H and O–H groups in total. The molecule has 0 unspecified atom stereocenters. The average Bonchev–Trinajstić information content (AvgIpc) is 2.70. The molecule has 0 atom stereocenters. The van der Waals surface area contributed by atoms with Crippen molar-refractivity contribution < 1.29 is 4.79 Å². The quantitative estimate of drug-likeness (QED) is 0.779. The summed E-state index contributed by atoms with van der Waals surface area (Å²) in [6, 6.07) is 7.31. The molecule has 1 aromatic heterocycles. The lowest BCUT2D eigenvalue weighted by molar-refractivity contribution is 0.0959. The standard InChI is InChI=1S/C10H7BrN2O/c11-9-4-2-1-3-8(9)10(14)13-6-5-12-7-13/h1-7H. The van der Waals surface area contributed by atoms with Crippen LogP contribution in [-0.4, -0.2) is 15.5 Å². The Bertz CT molecular complexity index is 451. The van der Waals surface area contributed by atoms with Crippen LogP contribution in [0.1, 0.15) is 10.4 Å². The van der Waals surface area contributed by atoms with E-state index in [1.54, 1.807) is 18.5 Å². The zero-order valence-electron chi connectivity index (χ0n) is 7.22. The Morgan fingerprint density at radius 3 is 2.79 bits per heavy atom. The van der Waals surface area contributed by atoms with Crippen LogP contribution in [0.25, 0.3) is 0 Å². The first-order valence-corrected chi connectivity index (χ1v) is 4.85. The van der Waals surface area contributed by atoms with Gasteiger partial charge in [0.05, 0.1) is 5.56 Å². The van der Waals surface area contributed by atoms with Crippen LogP contribution in [0.5, 0.6) is 0 Å². The molecule has 0 fully saturated rings. The topological polar surface area (TPSA) is 34.9 Å². The lowest BCUT2D eigenvalue weighted by Gasteiger charge is -2.02. The summed E-state index contributed by atoms with van der Waals surface area (Å²) in [5.74, 6) is -0.0880. The van der Waals surface area contributed by atoms with E-state index < -0.39 is 0 Å². The zero-order chi connectivity index (χ0) is 9.97. The summed E-state index contributed by atoms with van der Waals surface area (Å²) in [6.07, 6.45) is 4.69. The lowest BCUT2D eigenvalue weighted by atomic mass is 10.2. The van der Waals surface area contributed by atoms with Gasteiger partial charge in [-0.15, -0.1) is 0 Å². The van der Waals surface area contributed by atoms with E-state index in [2.05, 4.69) is 20.9 Å². The largest absolute Gasteiger partial charge is 0.272 e. The number of aromatic nitrogens is 2. The number of hydrogen-bond donors (Lipinski definition) is 0. The van der Waals surface area contributed by atoms with Crippen molar-refractivity contribution in [1.82, 2.24) is 9.55 Å². The van der Waals surface area contributed by atoms with Crippen LogP contribution in [0.2, 0.25) is 0 Å². The summed E-state index contributed by atoms with van der Waals surface area (Å²) in [5, 5.41) is 0. The van der Waals surface area contributed by atoms with Gasteiger partial charge in [0.15, 0.2) is 0 Å². The normalized spacial score (nSPS) is 10.1. The molecule has 0 bridgehead atoms. The SMILES string of the molecule is O=C(c1ccccc1Br)n1ccnc1. The first kappa shape index (κ1) is 9.15. The Labute approximate surface area is 89.5 Å². The predicted molar refractivity (Wildman–Crippen MR) is 56.1 cm³/mol. The van der Waals surface area contributed by atoms with Gasteiger partial charge in [-0.1, -0.05) is 12.1 Å². The minimum Gasteiger partial charge on any atom is -0.272 e. The monoisotopic (exact) mass is 250 g/mol. The van der Waals surface area contributed by atoms with Gasteiger partial charge >= 0.3 is 0 Å². The molecule has 0 aliphatic heterocycles. The third-order valence-corrected chi connectivity index (χ3v) is 2.53. The number of carbonyl (C=O) groups is 1. The zero-order valence-corrected chi connectivity index (χ0v) is 8.81. The van der Waals surface area contributed by atoms with Gasteiger partial charge in [-0.3, -0.25) is 9.36 Å². The predicted octanol–water partition coefficient (Wildman–Crippen LogP) is 2.33. The van der Waals surface area contributed by atoms with Crippen LogP contribution in [0.3, 0.4) is 0 Å². The number of carbonyl (C=O) groups excluding carboxylic acids is 1. The summed E-state index contributed by atoms with van der Waals surface area (Å²) < 4.78 is 2.24. The Balaban J connectivity index is 2.42. The lowest BCUT2D eigenvalue weighted by Crippen LogP contribution is -2.10. The molecule has 0 amide bonds. The molecule has 0 radical (unpaired) electrons. The van der Waals surface area contributed by atoms with Crippen molar-refractivity contribution in [3.05, 3.63) is 53.0 Å². The number of imidazole rings is 1. The van der Waals surface area contributed by atoms with Crippen LogP contribution >= 0.6 is 15.9 Å². The fourth-order valence-corrected chi connectivity index (χ4v) is 1.61. The number of rotatable bonds is 1. The molecule has 4 heteroatoms. The number of halogens is 1. The van der Waals surface area contributed by atoms with Gasteiger partial charge in [-0.05, 0) is 28.1 Å². The molecule has 14 heavy (non-hydrogen) atoms.